The molecule has 0 atom stereocenters. The van der Waals surface area contributed by atoms with Gasteiger partial charge in [0.15, 0.2) is 0 Å². The molecule has 0 saturated heterocycles. The Balaban J connectivity index is 1.20. The Morgan fingerprint density at radius 1 is 0.265 bits per heavy atom. The Kier molecular flexibility index (Phi) is 6.47. The molecule has 1 aromatic heterocycles. The predicted octanol–water partition coefficient (Wildman–Crippen LogP) is 14.2. The van der Waals surface area contributed by atoms with Crippen molar-refractivity contribution in [1.82, 2.24) is 0 Å². The van der Waals surface area contributed by atoms with Crippen molar-refractivity contribution < 1.29 is 0 Å². The van der Waals surface area contributed by atoms with Crippen LogP contribution in [0, 0.1) is 0 Å². The van der Waals surface area contributed by atoms with E-state index in [9.17, 15) is 0 Å². The summed E-state index contributed by atoms with van der Waals surface area (Å²) >= 11 is 1.87. The van der Waals surface area contributed by atoms with Crippen molar-refractivity contribution in [1.29, 1.82) is 0 Å². The first-order chi connectivity index (χ1) is 24.3. The van der Waals surface area contributed by atoms with Crippen LogP contribution in [0.25, 0.3) is 97.0 Å². The Hall–Kier alpha value is -6.02. The molecule has 9 aromatic carbocycles. The molecule has 0 unspecified atom stereocenters. The van der Waals surface area contributed by atoms with Crippen LogP contribution in [0.4, 0.5) is 0 Å². The van der Waals surface area contributed by atoms with Gasteiger partial charge in [-0.2, -0.15) is 0 Å². The molecule has 0 aliphatic carbocycles. The van der Waals surface area contributed by atoms with Crippen LogP contribution in [0.3, 0.4) is 0 Å². The maximum absolute atomic E-state index is 2.38. The van der Waals surface area contributed by atoms with Gasteiger partial charge in [0, 0.05) is 20.2 Å². The zero-order valence-corrected chi connectivity index (χ0v) is 27.5. The summed E-state index contributed by atoms with van der Waals surface area (Å²) in [4.78, 5) is 0. The lowest BCUT2D eigenvalue weighted by Crippen LogP contribution is -1.92. The second kappa shape index (κ2) is 11.3. The molecule has 0 bridgehead atoms. The first-order valence-electron chi connectivity index (χ1n) is 16.8. The van der Waals surface area contributed by atoms with Crippen LogP contribution < -0.4 is 0 Å². The van der Waals surface area contributed by atoms with Gasteiger partial charge in [0.1, 0.15) is 0 Å². The second-order valence-electron chi connectivity index (χ2n) is 12.8. The zero-order valence-electron chi connectivity index (χ0n) is 26.7. The standard InChI is InChI=1S/C48H30S/c1-2-12-31(13-3-1)34-25-24-32-14-11-22-43(44(32)29-34)48-41-20-6-4-18-39(41)47(40-19-5-7-21-42(40)48)36-16-10-15-33(28-36)35-26-27-38-37-17-8-9-23-45(37)49-46(38)30-35/h1-30H. The van der Waals surface area contributed by atoms with E-state index in [2.05, 4.69) is 182 Å². The van der Waals surface area contributed by atoms with Gasteiger partial charge in [-0.15, -0.1) is 11.3 Å². The summed E-state index contributed by atoms with van der Waals surface area (Å²) in [6.45, 7) is 0. The lowest BCUT2D eigenvalue weighted by atomic mass is 9.84. The summed E-state index contributed by atoms with van der Waals surface area (Å²) in [5, 5.41) is 10.3. The van der Waals surface area contributed by atoms with Gasteiger partial charge in [0.2, 0.25) is 0 Å². The topological polar surface area (TPSA) is 0 Å². The third-order valence-electron chi connectivity index (χ3n) is 10.1. The van der Waals surface area contributed by atoms with Crippen LogP contribution in [0.5, 0.6) is 0 Å². The summed E-state index contributed by atoms with van der Waals surface area (Å²) in [6, 6.07) is 67.0. The first-order valence-corrected chi connectivity index (χ1v) is 17.7. The molecule has 0 amide bonds. The summed E-state index contributed by atoms with van der Waals surface area (Å²) in [7, 11) is 0. The molecular weight excluding hydrogens is 609 g/mol. The molecule has 49 heavy (non-hydrogen) atoms. The van der Waals surface area contributed by atoms with Gasteiger partial charge in [-0.3, -0.25) is 0 Å². The molecule has 0 aliphatic rings. The average molecular weight is 639 g/mol. The molecule has 0 aliphatic heterocycles. The van der Waals surface area contributed by atoms with E-state index in [0.717, 1.165) is 0 Å². The Bertz CT molecular complexity index is 2820. The minimum absolute atomic E-state index is 1.23. The van der Waals surface area contributed by atoms with Gasteiger partial charge >= 0.3 is 0 Å². The van der Waals surface area contributed by atoms with Crippen molar-refractivity contribution in [2.45, 2.75) is 0 Å². The molecule has 1 heteroatoms. The number of benzene rings is 9. The number of rotatable bonds is 4. The fourth-order valence-electron chi connectivity index (χ4n) is 7.79. The smallest absolute Gasteiger partial charge is 0.0361 e. The highest BCUT2D eigenvalue weighted by Crippen LogP contribution is 2.46. The quantitative estimate of drug-likeness (QED) is 0.168. The molecular formula is C48H30S. The molecule has 10 rings (SSSR count). The Morgan fingerprint density at radius 3 is 1.59 bits per heavy atom. The highest BCUT2D eigenvalue weighted by atomic mass is 32.1. The monoisotopic (exact) mass is 638 g/mol. The Labute approximate surface area is 289 Å². The van der Waals surface area contributed by atoms with Crippen molar-refractivity contribution in [3.8, 4) is 44.5 Å². The summed E-state index contributed by atoms with van der Waals surface area (Å²) in [5.41, 5.74) is 10.0. The average Bonchev–Trinajstić information content (AvgIpc) is 3.55. The fraction of sp³-hybridized carbons (Fsp3) is 0. The molecule has 0 fully saturated rings. The molecule has 0 N–H and O–H groups in total. The lowest BCUT2D eigenvalue weighted by molar-refractivity contribution is 1.63. The van der Waals surface area contributed by atoms with E-state index in [-0.39, 0.29) is 0 Å². The zero-order chi connectivity index (χ0) is 32.3. The normalized spacial score (nSPS) is 11.7. The number of fused-ring (bicyclic) bond motifs is 6. The van der Waals surface area contributed by atoms with E-state index in [1.807, 2.05) is 11.3 Å². The maximum Gasteiger partial charge on any atom is 0.0361 e. The van der Waals surface area contributed by atoms with Gasteiger partial charge in [0.05, 0.1) is 0 Å². The second-order valence-corrected chi connectivity index (χ2v) is 13.9. The SMILES string of the molecule is c1ccc(-c2ccc3cccc(-c4c5ccccc5c(-c5cccc(-c6ccc7c(c6)sc6ccccc67)c5)c5ccccc45)c3c2)cc1. The van der Waals surface area contributed by atoms with Crippen LogP contribution >= 0.6 is 11.3 Å². The highest BCUT2D eigenvalue weighted by molar-refractivity contribution is 7.25. The van der Waals surface area contributed by atoms with Crippen molar-refractivity contribution in [2.24, 2.45) is 0 Å². The van der Waals surface area contributed by atoms with Crippen LogP contribution in [-0.4, -0.2) is 0 Å². The molecule has 0 saturated carbocycles. The predicted molar refractivity (Wildman–Crippen MR) is 214 cm³/mol. The van der Waals surface area contributed by atoms with Crippen LogP contribution in [-0.2, 0) is 0 Å². The largest absolute Gasteiger partial charge is 0.135 e. The molecule has 228 valence electrons. The lowest BCUT2D eigenvalue weighted by Gasteiger charge is -2.19. The summed E-state index contributed by atoms with van der Waals surface area (Å²) in [5.74, 6) is 0. The summed E-state index contributed by atoms with van der Waals surface area (Å²) < 4.78 is 2.67. The van der Waals surface area contributed by atoms with Gasteiger partial charge in [-0.1, -0.05) is 158 Å². The van der Waals surface area contributed by atoms with E-state index < -0.39 is 0 Å². The van der Waals surface area contributed by atoms with Crippen LogP contribution in [0.15, 0.2) is 182 Å². The van der Waals surface area contributed by atoms with E-state index in [1.165, 1.54) is 97.0 Å². The molecule has 0 spiro atoms. The Morgan fingerprint density at radius 2 is 0.816 bits per heavy atom. The molecule has 1 heterocycles. The van der Waals surface area contributed by atoms with E-state index >= 15 is 0 Å². The minimum atomic E-state index is 1.23. The number of hydrogen-bond acceptors (Lipinski definition) is 1. The van der Waals surface area contributed by atoms with Crippen molar-refractivity contribution >= 4 is 63.8 Å². The maximum atomic E-state index is 2.38. The third-order valence-corrected chi connectivity index (χ3v) is 11.2. The number of thiophene rings is 1. The number of hydrogen-bond donors (Lipinski definition) is 0. The van der Waals surface area contributed by atoms with Gasteiger partial charge in [-0.05, 0) is 101 Å². The van der Waals surface area contributed by atoms with Crippen molar-refractivity contribution in [3.05, 3.63) is 182 Å². The molecule has 0 nitrogen and oxygen atoms in total. The van der Waals surface area contributed by atoms with Gasteiger partial charge in [0.25, 0.3) is 0 Å². The van der Waals surface area contributed by atoms with Crippen LogP contribution in [0.1, 0.15) is 0 Å². The van der Waals surface area contributed by atoms with E-state index in [0.29, 0.717) is 0 Å². The van der Waals surface area contributed by atoms with Crippen LogP contribution in [0.2, 0.25) is 0 Å². The van der Waals surface area contributed by atoms with E-state index in [1.54, 1.807) is 0 Å². The summed E-state index contributed by atoms with van der Waals surface area (Å²) in [6.07, 6.45) is 0. The molecule has 10 aromatic rings. The fourth-order valence-corrected chi connectivity index (χ4v) is 8.94. The van der Waals surface area contributed by atoms with Gasteiger partial charge in [-0.25, -0.2) is 0 Å². The van der Waals surface area contributed by atoms with E-state index in [4.69, 9.17) is 0 Å². The first kappa shape index (κ1) is 28.0. The van der Waals surface area contributed by atoms with Crippen molar-refractivity contribution in [3.63, 3.8) is 0 Å². The molecule has 0 radical (unpaired) electrons. The minimum Gasteiger partial charge on any atom is -0.135 e. The van der Waals surface area contributed by atoms with Crippen molar-refractivity contribution in [2.75, 3.05) is 0 Å². The van der Waals surface area contributed by atoms with Gasteiger partial charge < -0.3 is 0 Å². The highest BCUT2D eigenvalue weighted by Gasteiger charge is 2.18. The third kappa shape index (κ3) is 4.58.